The summed E-state index contributed by atoms with van der Waals surface area (Å²) in [5.41, 5.74) is 17.7. The van der Waals surface area contributed by atoms with E-state index in [1.165, 1.54) is 6.07 Å². The zero-order chi connectivity index (χ0) is 25.4. The first-order valence-corrected chi connectivity index (χ1v) is 12.4. The summed E-state index contributed by atoms with van der Waals surface area (Å²) in [5, 5.41) is 0. The van der Waals surface area contributed by atoms with Crippen molar-refractivity contribution in [3.63, 3.8) is 0 Å². The molecule has 0 atom stereocenters. The molecule has 180 valence electrons. The van der Waals surface area contributed by atoms with Gasteiger partial charge in [-0.25, -0.2) is 9.97 Å². The van der Waals surface area contributed by atoms with Crippen LogP contribution in [0.15, 0.2) is 89.8 Å². The van der Waals surface area contributed by atoms with E-state index in [1.807, 2.05) is 36.4 Å². The van der Waals surface area contributed by atoms with Crippen LogP contribution in [-0.4, -0.2) is 22.9 Å². The average Bonchev–Trinajstić information content (AvgIpc) is 2.85. The van der Waals surface area contributed by atoms with Crippen LogP contribution in [-0.2, 0) is 10.1 Å². The van der Waals surface area contributed by atoms with E-state index in [4.69, 9.17) is 26.2 Å². The Hall–Kier alpha value is -4.47. The molecule has 9 heteroatoms. The molecule has 4 aromatic carbocycles. The van der Waals surface area contributed by atoms with Crippen molar-refractivity contribution in [1.82, 2.24) is 9.97 Å². The molecule has 0 bridgehead atoms. The SMILES string of the molecule is Cc1ccc(Oc2ccc3nc(-c4ccc(N)cc4)c(-c4ccc(N)cc4)nc3c2)cc1S(=O)(=O)O. The summed E-state index contributed by atoms with van der Waals surface area (Å²) in [7, 11) is -4.38. The van der Waals surface area contributed by atoms with Gasteiger partial charge in [0.15, 0.2) is 0 Å². The van der Waals surface area contributed by atoms with Gasteiger partial charge in [0.2, 0.25) is 0 Å². The summed E-state index contributed by atoms with van der Waals surface area (Å²) >= 11 is 0. The second kappa shape index (κ2) is 8.95. The Balaban J connectivity index is 1.61. The largest absolute Gasteiger partial charge is 0.457 e. The minimum Gasteiger partial charge on any atom is -0.457 e. The molecule has 1 aromatic heterocycles. The Kier molecular flexibility index (Phi) is 5.79. The predicted octanol–water partition coefficient (Wildman–Crippen LogP) is 5.48. The second-order valence-electron chi connectivity index (χ2n) is 8.32. The Bertz CT molecular complexity index is 1700. The molecule has 0 spiro atoms. The summed E-state index contributed by atoms with van der Waals surface area (Å²) in [4.78, 5) is 9.57. The molecule has 0 fully saturated rings. The smallest absolute Gasteiger partial charge is 0.294 e. The molecule has 0 aliphatic rings. The van der Waals surface area contributed by atoms with Gasteiger partial charge in [0.05, 0.1) is 22.4 Å². The van der Waals surface area contributed by atoms with Gasteiger partial charge in [-0.2, -0.15) is 8.42 Å². The van der Waals surface area contributed by atoms with Crippen LogP contribution in [0, 0.1) is 6.92 Å². The molecule has 0 saturated heterocycles. The highest BCUT2D eigenvalue weighted by Gasteiger charge is 2.16. The number of nitrogens with two attached hydrogens (primary N) is 2. The number of hydrogen-bond donors (Lipinski definition) is 3. The molecule has 0 aliphatic heterocycles. The van der Waals surface area contributed by atoms with Crippen molar-refractivity contribution in [2.45, 2.75) is 11.8 Å². The molecule has 5 aromatic rings. The van der Waals surface area contributed by atoms with Crippen molar-refractivity contribution < 1.29 is 17.7 Å². The van der Waals surface area contributed by atoms with Crippen LogP contribution in [0.1, 0.15) is 5.56 Å². The molecule has 8 nitrogen and oxygen atoms in total. The monoisotopic (exact) mass is 498 g/mol. The highest BCUT2D eigenvalue weighted by atomic mass is 32.2. The number of aromatic nitrogens is 2. The number of aryl methyl sites for hydroxylation is 1. The van der Waals surface area contributed by atoms with Crippen molar-refractivity contribution in [2.75, 3.05) is 11.5 Å². The third kappa shape index (κ3) is 4.70. The first-order chi connectivity index (χ1) is 17.2. The lowest BCUT2D eigenvalue weighted by Crippen LogP contribution is -2.01. The number of ether oxygens (including phenoxy) is 1. The van der Waals surface area contributed by atoms with E-state index < -0.39 is 10.1 Å². The van der Waals surface area contributed by atoms with Gasteiger partial charge >= 0.3 is 0 Å². The fourth-order valence-electron chi connectivity index (χ4n) is 3.84. The van der Waals surface area contributed by atoms with Crippen molar-refractivity contribution in [3.8, 4) is 34.0 Å². The van der Waals surface area contributed by atoms with Crippen LogP contribution in [0.4, 0.5) is 11.4 Å². The number of rotatable bonds is 5. The molecule has 0 unspecified atom stereocenters. The number of nitrogens with zero attached hydrogens (tertiary/aromatic N) is 2. The van der Waals surface area contributed by atoms with Gasteiger partial charge in [-0.3, -0.25) is 4.55 Å². The van der Waals surface area contributed by atoms with E-state index in [9.17, 15) is 13.0 Å². The zero-order valence-corrected chi connectivity index (χ0v) is 20.0. The van der Waals surface area contributed by atoms with Crippen LogP contribution in [0.5, 0.6) is 11.5 Å². The Labute approximate surface area is 208 Å². The van der Waals surface area contributed by atoms with Crippen molar-refractivity contribution in [2.24, 2.45) is 0 Å². The summed E-state index contributed by atoms with van der Waals surface area (Å²) in [6.07, 6.45) is 0. The minimum absolute atomic E-state index is 0.209. The lowest BCUT2D eigenvalue weighted by Gasteiger charge is -2.13. The zero-order valence-electron chi connectivity index (χ0n) is 19.2. The molecule has 0 aliphatic carbocycles. The molecule has 0 saturated carbocycles. The third-order valence-corrected chi connectivity index (χ3v) is 6.67. The molecular weight excluding hydrogens is 476 g/mol. The van der Waals surface area contributed by atoms with Crippen LogP contribution >= 0.6 is 0 Å². The van der Waals surface area contributed by atoms with Gasteiger partial charge in [0.1, 0.15) is 16.4 Å². The van der Waals surface area contributed by atoms with Crippen molar-refractivity contribution >= 4 is 32.5 Å². The number of nitrogen functional groups attached to an aromatic ring is 2. The lowest BCUT2D eigenvalue weighted by molar-refractivity contribution is 0.471. The summed E-state index contributed by atoms with van der Waals surface area (Å²) < 4.78 is 38.7. The van der Waals surface area contributed by atoms with Crippen LogP contribution in [0.2, 0.25) is 0 Å². The van der Waals surface area contributed by atoms with Gasteiger partial charge in [0.25, 0.3) is 10.1 Å². The number of anilines is 2. The Morgan fingerprint density at radius 3 is 1.75 bits per heavy atom. The van der Waals surface area contributed by atoms with Gasteiger partial charge in [-0.15, -0.1) is 0 Å². The number of hydrogen-bond acceptors (Lipinski definition) is 7. The first-order valence-electron chi connectivity index (χ1n) is 11.0. The van der Waals surface area contributed by atoms with Gasteiger partial charge in [-0.1, -0.05) is 30.3 Å². The van der Waals surface area contributed by atoms with Crippen LogP contribution in [0.3, 0.4) is 0 Å². The van der Waals surface area contributed by atoms with Gasteiger partial charge < -0.3 is 16.2 Å². The lowest BCUT2D eigenvalue weighted by atomic mass is 10.0. The normalized spacial score (nSPS) is 11.5. The van der Waals surface area contributed by atoms with E-state index >= 15 is 0 Å². The van der Waals surface area contributed by atoms with Crippen molar-refractivity contribution in [1.29, 1.82) is 0 Å². The summed E-state index contributed by atoms with van der Waals surface area (Å²) in [6.45, 7) is 1.59. The van der Waals surface area contributed by atoms with E-state index in [-0.39, 0.29) is 10.6 Å². The quantitative estimate of drug-likeness (QED) is 0.214. The molecule has 0 radical (unpaired) electrons. The van der Waals surface area contributed by atoms with E-state index in [0.29, 0.717) is 45.1 Å². The maximum absolute atomic E-state index is 11.7. The van der Waals surface area contributed by atoms with Crippen LogP contribution in [0.25, 0.3) is 33.5 Å². The van der Waals surface area contributed by atoms with E-state index in [0.717, 1.165) is 11.1 Å². The maximum Gasteiger partial charge on any atom is 0.294 e. The Morgan fingerprint density at radius 2 is 1.19 bits per heavy atom. The third-order valence-electron chi connectivity index (χ3n) is 5.68. The summed E-state index contributed by atoms with van der Waals surface area (Å²) in [6, 6.07) is 24.5. The van der Waals surface area contributed by atoms with E-state index in [1.54, 1.807) is 49.4 Å². The van der Waals surface area contributed by atoms with Gasteiger partial charge in [-0.05, 0) is 55.0 Å². The molecule has 5 rings (SSSR count). The average molecular weight is 499 g/mol. The standard InChI is InChI=1S/C27H22N4O4S/c1-16-2-11-22(15-25(16)36(32,33)34)35-21-12-13-23-24(14-21)31-27(18-5-9-20(29)10-6-18)26(30-23)17-3-7-19(28)8-4-17/h2-15H,28-29H2,1H3,(H,32,33,34). The summed E-state index contributed by atoms with van der Waals surface area (Å²) in [5.74, 6) is 0.697. The second-order valence-corrected chi connectivity index (χ2v) is 9.71. The molecule has 0 amide bonds. The maximum atomic E-state index is 11.7. The number of fused-ring (bicyclic) bond motifs is 1. The molecule has 36 heavy (non-hydrogen) atoms. The molecule has 5 N–H and O–H groups in total. The molecular formula is C27H22N4O4S. The molecule has 1 heterocycles. The Morgan fingerprint density at radius 1 is 0.694 bits per heavy atom. The first kappa shape index (κ1) is 23.3. The van der Waals surface area contributed by atoms with E-state index in [2.05, 4.69) is 0 Å². The topological polar surface area (TPSA) is 141 Å². The minimum atomic E-state index is -4.38. The van der Waals surface area contributed by atoms with Crippen molar-refractivity contribution in [3.05, 3.63) is 90.5 Å². The predicted molar refractivity (Wildman–Crippen MR) is 140 cm³/mol. The fourth-order valence-corrected chi connectivity index (χ4v) is 4.58. The van der Waals surface area contributed by atoms with Gasteiger partial charge in [0, 0.05) is 34.6 Å². The fraction of sp³-hybridized carbons (Fsp3) is 0.0370. The van der Waals surface area contributed by atoms with Crippen LogP contribution < -0.4 is 16.2 Å². The highest BCUT2D eigenvalue weighted by Crippen LogP contribution is 2.34. The highest BCUT2D eigenvalue weighted by molar-refractivity contribution is 7.85. The number of benzene rings is 4.